The van der Waals surface area contributed by atoms with E-state index in [1.807, 2.05) is 0 Å². The van der Waals surface area contributed by atoms with Gasteiger partial charge in [-0.3, -0.25) is 0 Å². The number of fused-ring (bicyclic) bond motifs is 1. The summed E-state index contributed by atoms with van der Waals surface area (Å²) in [6, 6.07) is 0.341. The highest BCUT2D eigenvalue weighted by Crippen LogP contribution is 2.19. The van der Waals surface area contributed by atoms with E-state index in [-0.39, 0.29) is 5.95 Å². The number of H-pyrrole nitrogens is 1. The summed E-state index contributed by atoms with van der Waals surface area (Å²) in [5, 5.41) is 3.36. The number of rotatable bonds is 5. The number of nitrogen functional groups attached to an aromatic ring is 1. The van der Waals surface area contributed by atoms with Crippen molar-refractivity contribution in [2.75, 3.05) is 11.1 Å². The number of aromatic nitrogens is 4. The SMILES string of the molecule is CC(C)CCC(C)Nc1nc(N)nc2nc[nH]c12. The second kappa shape index (κ2) is 5.20. The van der Waals surface area contributed by atoms with E-state index in [0.29, 0.717) is 17.6 Å². The van der Waals surface area contributed by atoms with Gasteiger partial charge in [-0.15, -0.1) is 0 Å². The lowest BCUT2D eigenvalue weighted by molar-refractivity contribution is 0.527. The van der Waals surface area contributed by atoms with Crippen LogP contribution in [0.15, 0.2) is 6.33 Å². The van der Waals surface area contributed by atoms with Crippen LogP contribution >= 0.6 is 0 Å². The Bertz CT molecular complexity index is 518. The minimum atomic E-state index is 0.244. The number of anilines is 2. The van der Waals surface area contributed by atoms with E-state index in [4.69, 9.17) is 5.73 Å². The van der Waals surface area contributed by atoms with E-state index >= 15 is 0 Å². The minimum absolute atomic E-state index is 0.244. The van der Waals surface area contributed by atoms with Crippen LogP contribution in [-0.4, -0.2) is 26.0 Å². The molecule has 18 heavy (non-hydrogen) atoms. The van der Waals surface area contributed by atoms with Gasteiger partial charge >= 0.3 is 0 Å². The summed E-state index contributed by atoms with van der Waals surface area (Å²) in [6.07, 6.45) is 3.88. The van der Waals surface area contributed by atoms with Crippen LogP contribution in [0.3, 0.4) is 0 Å². The average molecular weight is 248 g/mol. The van der Waals surface area contributed by atoms with Crippen molar-refractivity contribution in [3.63, 3.8) is 0 Å². The summed E-state index contributed by atoms with van der Waals surface area (Å²) < 4.78 is 0. The Morgan fingerprint density at radius 2 is 2.06 bits per heavy atom. The number of hydrogen-bond donors (Lipinski definition) is 3. The number of nitrogens with two attached hydrogens (primary N) is 1. The van der Waals surface area contributed by atoms with Crippen molar-refractivity contribution in [1.29, 1.82) is 0 Å². The van der Waals surface area contributed by atoms with Gasteiger partial charge in [-0.1, -0.05) is 13.8 Å². The quantitative estimate of drug-likeness (QED) is 0.754. The van der Waals surface area contributed by atoms with Crippen LogP contribution < -0.4 is 11.1 Å². The molecule has 98 valence electrons. The molecule has 1 atom stereocenters. The molecule has 0 saturated heterocycles. The summed E-state index contributed by atoms with van der Waals surface area (Å²) in [5.74, 6) is 1.68. The first-order valence-electron chi connectivity index (χ1n) is 6.29. The maximum Gasteiger partial charge on any atom is 0.224 e. The maximum absolute atomic E-state index is 5.67. The molecule has 0 aliphatic rings. The first kappa shape index (κ1) is 12.6. The van der Waals surface area contributed by atoms with E-state index in [1.54, 1.807) is 6.33 Å². The molecule has 2 aromatic heterocycles. The Labute approximate surface area is 106 Å². The van der Waals surface area contributed by atoms with Gasteiger partial charge in [0.2, 0.25) is 5.95 Å². The monoisotopic (exact) mass is 248 g/mol. The zero-order chi connectivity index (χ0) is 13.1. The van der Waals surface area contributed by atoms with Crippen LogP contribution in [0.2, 0.25) is 0 Å². The van der Waals surface area contributed by atoms with Gasteiger partial charge < -0.3 is 16.0 Å². The van der Waals surface area contributed by atoms with E-state index in [2.05, 4.69) is 46.0 Å². The van der Waals surface area contributed by atoms with Gasteiger partial charge in [-0.05, 0) is 25.7 Å². The van der Waals surface area contributed by atoms with Crippen molar-refractivity contribution in [2.24, 2.45) is 5.92 Å². The van der Waals surface area contributed by atoms with Crippen LogP contribution in [0.1, 0.15) is 33.6 Å². The predicted molar refractivity (Wildman–Crippen MR) is 73.3 cm³/mol. The number of imidazole rings is 1. The molecule has 0 aliphatic heterocycles. The maximum atomic E-state index is 5.67. The Morgan fingerprint density at radius 3 is 2.78 bits per heavy atom. The van der Waals surface area contributed by atoms with Gasteiger partial charge in [-0.2, -0.15) is 9.97 Å². The topological polar surface area (TPSA) is 92.5 Å². The molecular formula is C12H20N6. The lowest BCUT2D eigenvalue weighted by Gasteiger charge is -2.16. The number of hydrogen-bond acceptors (Lipinski definition) is 5. The fourth-order valence-corrected chi connectivity index (χ4v) is 1.84. The summed E-state index contributed by atoms with van der Waals surface area (Å²) in [4.78, 5) is 15.4. The van der Waals surface area contributed by atoms with Crippen molar-refractivity contribution in [3.8, 4) is 0 Å². The molecule has 0 aliphatic carbocycles. The van der Waals surface area contributed by atoms with Gasteiger partial charge in [0, 0.05) is 6.04 Å². The van der Waals surface area contributed by atoms with Crippen molar-refractivity contribution in [3.05, 3.63) is 6.33 Å². The van der Waals surface area contributed by atoms with Crippen LogP contribution in [0.25, 0.3) is 11.2 Å². The molecule has 0 saturated carbocycles. The average Bonchev–Trinajstić information content (AvgIpc) is 2.74. The number of aromatic amines is 1. The predicted octanol–water partition coefficient (Wildman–Crippen LogP) is 2.17. The van der Waals surface area contributed by atoms with Crippen molar-refractivity contribution in [2.45, 2.75) is 39.7 Å². The van der Waals surface area contributed by atoms with Crippen LogP contribution in [-0.2, 0) is 0 Å². The smallest absolute Gasteiger partial charge is 0.224 e. The molecule has 1 unspecified atom stereocenters. The van der Waals surface area contributed by atoms with Gasteiger partial charge in [0.25, 0.3) is 0 Å². The molecule has 2 aromatic rings. The summed E-state index contributed by atoms with van der Waals surface area (Å²) >= 11 is 0. The van der Waals surface area contributed by atoms with Crippen LogP contribution in [0.4, 0.5) is 11.8 Å². The zero-order valence-electron chi connectivity index (χ0n) is 11.1. The number of nitrogens with zero attached hydrogens (tertiary/aromatic N) is 3. The lowest BCUT2D eigenvalue weighted by atomic mass is 10.0. The third-order valence-electron chi connectivity index (χ3n) is 2.86. The molecule has 0 bridgehead atoms. The fraction of sp³-hybridized carbons (Fsp3) is 0.583. The third-order valence-corrected chi connectivity index (χ3v) is 2.86. The summed E-state index contributed by atoms with van der Waals surface area (Å²) in [5.41, 5.74) is 7.07. The Balaban J connectivity index is 2.13. The third kappa shape index (κ3) is 2.88. The fourth-order valence-electron chi connectivity index (χ4n) is 1.84. The molecule has 6 nitrogen and oxygen atoms in total. The Hall–Kier alpha value is -1.85. The van der Waals surface area contributed by atoms with Crippen LogP contribution in [0.5, 0.6) is 0 Å². The van der Waals surface area contributed by atoms with Gasteiger partial charge in [0.15, 0.2) is 11.5 Å². The Kier molecular flexibility index (Phi) is 3.64. The zero-order valence-corrected chi connectivity index (χ0v) is 11.1. The second-order valence-electron chi connectivity index (χ2n) is 5.05. The highest BCUT2D eigenvalue weighted by Gasteiger charge is 2.11. The van der Waals surface area contributed by atoms with Crippen molar-refractivity contribution >= 4 is 22.9 Å². The molecule has 4 N–H and O–H groups in total. The molecule has 0 aromatic carbocycles. The molecular weight excluding hydrogens is 228 g/mol. The lowest BCUT2D eigenvalue weighted by Crippen LogP contribution is -2.17. The largest absolute Gasteiger partial charge is 0.368 e. The highest BCUT2D eigenvalue weighted by atomic mass is 15.1. The molecule has 0 amide bonds. The molecule has 2 rings (SSSR count). The number of nitrogens with one attached hydrogen (secondary N) is 2. The van der Waals surface area contributed by atoms with Crippen molar-refractivity contribution in [1.82, 2.24) is 19.9 Å². The summed E-state index contributed by atoms with van der Waals surface area (Å²) in [6.45, 7) is 6.59. The first-order valence-corrected chi connectivity index (χ1v) is 6.29. The van der Waals surface area contributed by atoms with E-state index in [0.717, 1.165) is 17.8 Å². The normalized spacial score (nSPS) is 13.1. The molecule has 2 heterocycles. The van der Waals surface area contributed by atoms with Crippen LogP contribution in [0, 0.1) is 5.92 Å². The van der Waals surface area contributed by atoms with Crippen molar-refractivity contribution < 1.29 is 0 Å². The van der Waals surface area contributed by atoms with Gasteiger partial charge in [-0.25, -0.2) is 4.98 Å². The molecule has 0 radical (unpaired) electrons. The highest BCUT2D eigenvalue weighted by molar-refractivity contribution is 5.83. The van der Waals surface area contributed by atoms with E-state index in [1.165, 1.54) is 6.42 Å². The van der Waals surface area contributed by atoms with E-state index < -0.39 is 0 Å². The van der Waals surface area contributed by atoms with Gasteiger partial charge in [0.05, 0.1) is 6.33 Å². The molecule has 0 fully saturated rings. The molecule has 6 heteroatoms. The Morgan fingerprint density at radius 1 is 1.28 bits per heavy atom. The van der Waals surface area contributed by atoms with E-state index in [9.17, 15) is 0 Å². The second-order valence-corrected chi connectivity index (χ2v) is 5.05. The standard InChI is InChI=1S/C12H20N6/c1-7(2)4-5-8(3)16-11-9-10(15-6-14-9)17-12(13)18-11/h6-8H,4-5H2,1-3H3,(H4,13,14,15,16,17,18). The summed E-state index contributed by atoms with van der Waals surface area (Å²) in [7, 11) is 0. The first-order chi connectivity index (χ1) is 8.56. The minimum Gasteiger partial charge on any atom is -0.368 e. The van der Waals surface area contributed by atoms with Gasteiger partial charge in [0.1, 0.15) is 5.52 Å². The molecule has 0 spiro atoms.